The number of phenols is 1. The van der Waals surface area contributed by atoms with Crippen molar-refractivity contribution in [3.8, 4) is 5.75 Å². The summed E-state index contributed by atoms with van der Waals surface area (Å²) in [5.41, 5.74) is 1.09. The van der Waals surface area contributed by atoms with E-state index in [1.54, 1.807) is 23.9 Å². The van der Waals surface area contributed by atoms with Crippen molar-refractivity contribution in [2.45, 2.75) is 24.3 Å². The van der Waals surface area contributed by atoms with Crippen molar-refractivity contribution >= 4 is 17.7 Å². The first-order chi connectivity index (χ1) is 7.08. The van der Waals surface area contributed by atoms with Gasteiger partial charge in [0.2, 0.25) is 0 Å². The van der Waals surface area contributed by atoms with Crippen LogP contribution in [0, 0.1) is 0 Å². The minimum atomic E-state index is -0.763. The molecule has 1 aromatic rings. The first-order valence-corrected chi connectivity index (χ1v) is 5.74. The van der Waals surface area contributed by atoms with Crippen molar-refractivity contribution in [3.63, 3.8) is 0 Å². The molecule has 82 valence electrons. The van der Waals surface area contributed by atoms with Gasteiger partial charge in [-0.15, -0.1) is 0 Å². The van der Waals surface area contributed by atoms with Crippen molar-refractivity contribution in [3.05, 3.63) is 29.8 Å². The smallest absolute Gasteiger partial charge is 0.304 e. The monoisotopic (exact) mass is 226 g/mol. The van der Waals surface area contributed by atoms with E-state index >= 15 is 0 Å². The van der Waals surface area contributed by atoms with Crippen LogP contribution in [0.15, 0.2) is 24.3 Å². The summed E-state index contributed by atoms with van der Waals surface area (Å²) in [5.74, 6) is 0.261. The van der Waals surface area contributed by atoms with Gasteiger partial charge in [0.05, 0.1) is 6.42 Å². The third-order valence-electron chi connectivity index (χ3n) is 1.93. The zero-order valence-electron chi connectivity index (χ0n) is 8.51. The fourth-order valence-corrected chi connectivity index (χ4v) is 2.07. The fraction of sp³-hybridized carbons (Fsp3) is 0.364. The van der Waals surface area contributed by atoms with E-state index in [0.717, 1.165) is 11.3 Å². The fourth-order valence-electron chi connectivity index (χ4n) is 1.14. The summed E-state index contributed by atoms with van der Waals surface area (Å²) in [6.45, 7) is 1.90. The number of carbonyl (C=O) groups is 1. The Balaban J connectivity index is 2.36. The van der Waals surface area contributed by atoms with Crippen LogP contribution in [0.4, 0.5) is 0 Å². The molecule has 0 heterocycles. The molecule has 3 nitrogen and oxygen atoms in total. The van der Waals surface area contributed by atoms with Crippen LogP contribution in [0.2, 0.25) is 0 Å². The topological polar surface area (TPSA) is 57.5 Å². The van der Waals surface area contributed by atoms with E-state index in [1.165, 1.54) is 0 Å². The third kappa shape index (κ3) is 4.74. The van der Waals surface area contributed by atoms with Gasteiger partial charge in [0, 0.05) is 11.0 Å². The molecule has 0 aliphatic carbocycles. The normalized spacial score (nSPS) is 12.3. The Hall–Kier alpha value is -1.16. The largest absolute Gasteiger partial charge is 0.508 e. The van der Waals surface area contributed by atoms with E-state index in [-0.39, 0.29) is 17.4 Å². The first-order valence-electron chi connectivity index (χ1n) is 4.69. The lowest BCUT2D eigenvalue weighted by atomic mass is 10.2. The SMILES string of the molecule is CC(CC(=O)O)SCc1ccc(O)cc1. The lowest BCUT2D eigenvalue weighted by Gasteiger charge is -2.08. The highest BCUT2D eigenvalue weighted by atomic mass is 32.2. The predicted octanol–water partition coefficient (Wildman–Crippen LogP) is 2.49. The van der Waals surface area contributed by atoms with Crippen LogP contribution in [0.3, 0.4) is 0 Å². The Kier molecular flexibility index (Phi) is 4.49. The molecule has 0 saturated carbocycles. The van der Waals surface area contributed by atoms with Gasteiger partial charge in [-0.1, -0.05) is 19.1 Å². The van der Waals surface area contributed by atoms with Crippen LogP contribution in [-0.4, -0.2) is 21.4 Å². The van der Waals surface area contributed by atoms with Crippen molar-refractivity contribution in [1.82, 2.24) is 0 Å². The molecule has 2 N–H and O–H groups in total. The van der Waals surface area contributed by atoms with Crippen molar-refractivity contribution < 1.29 is 15.0 Å². The van der Waals surface area contributed by atoms with Gasteiger partial charge in [-0.25, -0.2) is 0 Å². The molecule has 0 radical (unpaired) electrons. The van der Waals surface area contributed by atoms with Crippen molar-refractivity contribution in [2.24, 2.45) is 0 Å². The molecule has 0 saturated heterocycles. The molecule has 0 fully saturated rings. The van der Waals surface area contributed by atoms with Gasteiger partial charge in [-0.2, -0.15) is 11.8 Å². The molecule has 1 unspecified atom stereocenters. The summed E-state index contributed by atoms with van der Waals surface area (Å²) in [5, 5.41) is 17.7. The number of carboxylic acids is 1. The number of aliphatic carboxylic acids is 1. The summed E-state index contributed by atoms with van der Waals surface area (Å²) >= 11 is 1.60. The average molecular weight is 226 g/mol. The number of hydrogen-bond donors (Lipinski definition) is 2. The molecule has 0 amide bonds. The summed E-state index contributed by atoms with van der Waals surface area (Å²) in [6, 6.07) is 6.96. The maximum Gasteiger partial charge on any atom is 0.304 e. The number of phenolic OH excluding ortho intramolecular Hbond substituents is 1. The zero-order chi connectivity index (χ0) is 11.3. The highest BCUT2D eigenvalue weighted by molar-refractivity contribution is 7.99. The van der Waals surface area contributed by atoms with E-state index in [0.29, 0.717) is 0 Å². The number of carboxylic acid groups (broad SMARTS) is 1. The number of aromatic hydroxyl groups is 1. The molecule has 15 heavy (non-hydrogen) atoms. The Bertz CT molecular complexity index is 321. The Morgan fingerprint density at radius 3 is 2.53 bits per heavy atom. The van der Waals surface area contributed by atoms with Crippen LogP contribution < -0.4 is 0 Å². The first kappa shape index (κ1) is 11.9. The van der Waals surface area contributed by atoms with Crippen LogP contribution in [0.25, 0.3) is 0 Å². The van der Waals surface area contributed by atoms with E-state index in [4.69, 9.17) is 10.2 Å². The molecule has 1 rings (SSSR count). The van der Waals surface area contributed by atoms with Gasteiger partial charge < -0.3 is 10.2 Å². The third-order valence-corrected chi connectivity index (χ3v) is 3.17. The molecule has 0 aliphatic rings. The maximum atomic E-state index is 10.4. The molecule has 1 atom stereocenters. The summed E-state index contributed by atoms with van der Waals surface area (Å²) in [4.78, 5) is 10.4. The van der Waals surface area contributed by atoms with E-state index in [9.17, 15) is 4.79 Å². The van der Waals surface area contributed by atoms with Gasteiger partial charge in [-0.05, 0) is 17.7 Å². The number of rotatable bonds is 5. The minimum Gasteiger partial charge on any atom is -0.508 e. The molecule has 0 aliphatic heterocycles. The van der Waals surface area contributed by atoms with Gasteiger partial charge in [0.1, 0.15) is 5.75 Å². The molecular weight excluding hydrogens is 212 g/mol. The van der Waals surface area contributed by atoms with Crippen LogP contribution >= 0.6 is 11.8 Å². The highest BCUT2D eigenvalue weighted by Crippen LogP contribution is 2.21. The second-order valence-corrected chi connectivity index (χ2v) is 4.81. The van der Waals surface area contributed by atoms with Gasteiger partial charge in [0.25, 0.3) is 0 Å². The van der Waals surface area contributed by atoms with Gasteiger partial charge >= 0.3 is 5.97 Å². The highest BCUT2D eigenvalue weighted by Gasteiger charge is 2.07. The Morgan fingerprint density at radius 2 is 2.00 bits per heavy atom. The van der Waals surface area contributed by atoms with Crippen LogP contribution in [0.5, 0.6) is 5.75 Å². The second kappa shape index (κ2) is 5.66. The van der Waals surface area contributed by atoms with Gasteiger partial charge in [0.15, 0.2) is 0 Å². The Labute approximate surface area is 93.1 Å². The summed E-state index contributed by atoms with van der Waals surface area (Å²) in [6.07, 6.45) is 0.183. The predicted molar refractivity (Wildman–Crippen MR) is 61.1 cm³/mol. The quantitative estimate of drug-likeness (QED) is 0.809. The average Bonchev–Trinajstić information content (AvgIpc) is 2.16. The van der Waals surface area contributed by atoms with Crippen LogP contribution in [-0.2, 0) is 10.5 Å². The minimum absolute atomic E-state index is 0.108. The number of hydrogen-bond acceptors (Lipinski definition) is 3. The second-order valence-electron chi connectivity index (χ2n) is 3.39. The van der Waals surface area contributed by atoms with E-state index in [1.807, 2.05) is 19.1 Å². The van der Waals surface area contributed by atoms with E-state index in [2.05, 4.69) is 0 Å². The standard InChI is InChI=1S/C11H14O3S/c1-8(6-11(13)14)15-7-9-2-4-10(12)5-3-9/h2-5,8,12H,6-7H2,1H3,(H,13,14). The lowest BCUT2D eigenvalue weighted by molar-refractivity contribution is -0.136. The molecule has 0 aromatic heterocycles. The number of thioether (sulfide) groups is 1. The molecule has 1 aromatic carbocycles. The maximum absolute atomic E-state index is 10.4. The Morgan fingerprint density at radius 1 is 1.40 bits per heavy atom. The summed E-state index contributed by atoms with van der Waals surface area (Å²) in [7, 11) is 0. The van der Waals surface area contributed by atoms with Crippen molar-refractivity contribution in [1.29, 1.82) is 0 Å². The molecule has 4 heteroatoms. The lowest BCUT2D eigenvalue weighted by Crippen LogP contribution is -2.05. The summed E-state index contributed by atoms with van der Waals surface area (Å²) < 4.78 is 0. The van der Waals surface area contributed by atoms with E-state index < -0.39 is 5.97 Å². The van der Waals surface area contributed by atoms with Gasteiger partial charge in [-0.3, -0.25) is 4.79 Å². The van der Waals surface area contributed by atoms with Crippen molar-refractivity contribution in [2.75, 3.05) is 0 Å². The molecule has 0 bridgehead atoms. The zero-order valence-corrected chi connectivity index (χ0v) is 9.33. The number of benzene rings is 1. The van der Waals surface area contributed by atoms with Crippen LogP contribution in [0.1, 0.15) is 18.9 Å². The molecular formula is C11H14O3S. The molecule has 0 spiro atoms.